The third kappa shape index (κ3) is 3.18. The van der Waals surface area contributed by atoms with Crippen LogP contribution in [0.5, 0.6) is 11.5 Å². The molecule has 2 N–H and O–H groups in total. The molecule has 2 aliphatic rings. The van der Waals surface area contributed by atoms with Gasteiger partial charge in [-0.1, -0.05) is 18.2 Å². The van der Waals surface area contributed by atoms with E-state index in [0.29, 0.717) is 29.4 Å². The molecular weight excluding hydrogens is 394 g/mol. The Morgan fingerprint density at radius 2 is 2.00 bits per heavy atom. The smallest absolute Gasteiger partial charge is 0.270 e. The van der Waals surface area contributed by atoms with Crippen molar-refractivity contribution in [1.29, 1.82) is 0 Å². The molecule has 7 nitrogen and oxygen atoms in total. The van der Waals surface area contributed by atoms with Gasteiger partial charge in [-0.3, -0.25) is 4.79 Å². The summed E-state index contributed by atoms with van der Waals surface area (Å²) in [6.45, 7) is 1.46. The van der Waals surface area contributed by atoms with Crippen molar-refractivity contribution in [2.45, 2.75) is 18.9 Å². The van der Waals surface area contributed by atoms with Gasteiger partial charge in [-0.2, -0.15) is 0 Å². The van der Waals surface area contributed by atoms with E-state index in [1.807, 2.05) is 48.5 Å². The van der Waals surface area contributed by atoms with Gasteiger partial charge in [0.15, 0.2) is 11.5 Å². The van der Waals surface area contributed by atoms with Gasteiger partial charge in [-0.15, -0.1) is 0 Å². The number of ether oxygens (including phenoxy) is 3. The van der Waals surface area contributed by atoms with E-state index in [-0.39, 0.29) is 18.8 Å². The summed E-state index contributed by atoms with van der Waals surface area (Å²) < 4.78 is 16.6. The molecule has 1 atom stereocenters. The average Bonchev–Trinajstić information content (AvgIpc) is 3.55. The van der Waals surface area contributed by atoms with E-state index in [0.717, 1.165) is 46.8 Å². The fourth-order valence-corrected chi connectivity index (χ4v) is 4.32. The monoisotopic (exact) mass is 415 g/mol. The SMILES string of the molecule is O=C(NC[C@@H]1CCCO1)c1cc2c([nH]c3ccccc32)c(-c2ccc3c(c2)OCO3)n1. The fourth-order valence-electron chi connectivity index (χ4n) is 4.32. The number of fused-ring (bicyclic) bond motifs is 4. The van der Waals surface area contributed by atoms with Gasteiger partial charge < -0.3 is 24.5 Å². The van der Waals surface area contributed by atoms with E-state index in [4.69, 9.17) is 19.2 Å². The first-order valence-corrected chi connectivity index (χ1v) is 10.5. The van der Waals surface area contributed by atoms with Gasteiger partial charge in [0, 0.05) is 35.0 Å². The first-order valence-electron chi connectivity index (χ1n) is 10.5. The number of carbonyl (C=O) groups excluding carboxylic acids is 1. The predicted molar refractivity (Wildman–Crippen MR) is 116 cm³/mol. The van der Waals surface area contributed by atoms with Crippen LogP contribution in [0.4, 0.5) is 0 Å². The van der Waals surface area contributed by atoms with Gasteiger partial charge in [0.1, 0.15) is 5.69 Å². The number of nitrogens with zero attached hydrogens (tertiary/aromatic N) is 1. The lowest BCUT2D eigenvalue weighted by molar-refractivity contribution is 0.0854. The van der Waals surface area contributed by atoms with Crippen molar-refractivity contribution in [3.05, 3.63) is 54.2 Å². The number of benzene rings is 2. The highest BCUT2D eigenvalue weighted by atomic mass is 16.7. The Kier molecular flexibility index (Phi) is 4.28. The zero-order chi connectivity index (χ0) is 20.8. The van der Waals surface area contributed by atoms with Gasteiger partial charge >= 0.3 is 0 Å². The van der Waals surface area contributed by atoms with Gasteiger partial charge in [-0.05, 0) is 43.2 Å². The van der Waals surface area contributed by atoms with Crippen LogP contribution >= 0.6 is 0 Å². The summed E-state index contributed by atoms with van der Waals surface area (Å²) in [5.74, 6) is 1.18. The molecule has 0 aliphatic carbocycles. The largest absolute Gasteiger partial charge is 0.454 e. The minimum atomic E-state index is -0.204. The molecule has 1 amide bonds. The predicted octanol–water partition coefficient (Wildman–Crippen LogP) is 4.02. The Morgan fingerprint density at radius 1 is 1.10 bits per heavy atom. The summed E-state index contributed by atoms with van der Waals surface area (Å²) in [4.78, 5) is 21.2. The zero-order valence-corrected chi connectivity index (χ0v) is 16.8. The Morgan fingerprint density at radius 3 is 2.90 bits per heavy atom. The number of rotatable bonds is 4. The Bertz CT molecular complexity index is 1310. The van der Waals surface area contributed by atoms with Crippen molar-refractivity contribution in [1.82, 2.24) is 15.3 Å². The summed E-state index contributed by atoms with van der Waals surface area (Å²) in [7, 11) is 0. The van der Waals surface area contributed by atoms with E-state index in [9.17, 15) is 4.79 Å². The lowest BCUT2D eigenvalue weighted by atomic mass is 10.1. The van der Waals surface area contributed by atoms with Crippen LogP contribution in [-0.2, 0) is 4.74 Å². The molecule has 0 unspecified atom stereocenters. The number of carbonyl (C=O) groups is 1. The Hall–Kier alpha value is -3.58. The average molecular weight is 415 g/mol. The first kappa shape index (κ1) is 18.2. The first-order chi connectivity index (χ1) is 15.3. The van der Waals surface area contributed by atoms with Crippen molar-refractivity contribution < 1.29 is 19.0 Å². The van der Waals surface area contributed by atoms with E-state index in [1.165, 1.54) is 0 Å². The normalized spacial score (nSPS) is 17.5. The van der Waals surface area contributed by atoms with E-state index >= 15 is 0 Å². The minimum Gasteiger partial charge on any atom is -0.454 e. The van der Waals surface area contributed by atoms with Crippen molar-refractivity contribution in [3.8, 4) is 22.8 Å². The molecule has 156 valence electrons. The minimum absolute atomic E-state index is 0.0779. The highest BCUT2D eigenvalue weighted by Crippen LogP contribution is 2.38. The van der Waals surface area contributed by atoms with Crippen molar-refractivity contribution in [2.75, 3.05) is 19.9 Å². The van der Waals surface area contributed by atoms with Crippen LogP contribution in [0.15, 0.2) is 48.5 Å². The fraction of sp³-hybridized carbons (Fsp3) is 0.250. The third-order valence-corrected chi connectivity index (χ3v) is 5.89. The molecule has 4 aromatic rings. The maximum Gasteiger partial charge on any atom is 0.270 e. The molecule has 0 spiro atoms. The van der Waals surface area contributed by atoms with Gasteiger partial charge in [0.25, 0.3) is 5.91 Å². The summed E-state index contributed by atoms with van der Waals surface area (Å²) >= 11 is 0. The number of amides is 1. The molecule has 2 aliphatic heterocycles. The van der Waals surface area contributed by atoms with Crippen molar-refractivity contribution in [3.63, 3.8) is 0 Å². The second-order valence-corrected chi connectivity index (χ2v) is 7.86. The van der Waals surface area contributed by atoms with Crippen LogP contribution in [0.2, 0.25) is 0 Å². The standard InChI is InChI=1S/C24H21N3O4/c28-24(25-12-15-4-3-9-29-15)19-11-17-16-5-1-2-6-18(16)26-23(17)22(27-19)14-7-8-20-21(10-14)31-13-30-20/h1-2,5-8,10-11,15,26H,3-4,9,12-13H2,(H,25,28)/t15-/m0/s1. The van der Waals surface area contributed by atoms with E-state index in [1.54, 1.807) is 0 Å². The summed E-state index contributed by atoms with van der Waals surface area (Å²) in [5, 5.41) is 4.99. The number of aromatic nitrogens is 2. The number of hydrogen-bond acceptors (Lipinski definition) is 5. The van der Waals surface area contributed by atoms with Crippen molar-refractivity contribution >= 4 is 27.7 Å². The third-order valence-electron chi connectivity index (χ3n) is 5.89. The highest BCUT2D eigenvalue weighted by molar-refractivity contribution is 6.13. The number of nitrogens with one attached hydrogen (secondary N) is 2. The number of aromatic amines is 1. The number of pyridine rings is 1. The summed E-state index contributed by atoms with van der Waals surface area (Å²) in [6, 6.07) is 15.6. The van der Waals surface area contributed by atoms with Gasteiger partial charge in [0.2, 0.25) is 6.79 Å². The molecule has 2 aromatic carbocycles. The maximum absolute atomic E-state index is 13.0. The van der Waals surface area contributed by atoms with Crippen LogP contribution in [0.3, 0.4) is 0 Å². The van der Waals surface area contributed by atoms with Crippen LogP contribution in [-0.4, -0.2) is 41.9 Å². The molecule has 0 saturated carbocycles. The molecule has 0 radical (unpaired) electrons. The molecule has 1 saturated heterocycles. The van der Waals surface area contributed by atoms with Crippen LogP contribution < -0.4 is 14.8 Å². The molecule has 0 bridgehead atoms. The Labute approximate surface area is 178 Å². The highest BCUT2D eigenvalue weighted by Gasteiger charge is 2.21. The molecule has 31 heavy (non-hydrogen) atoms. The van der Waals surface area contributed by atoms with Crippen LogP contribution in [0.25, 0.3) is 33.1 Å². The summed E-state index contributed by atoms with van der Waals surface area (Å²) in [6.07, 6.45) is 2.08. The van der Waals surface area contributed by atoms with Gasteiger partial charge in [0.05, 0.1) is 17.3 Å². The molecule has 6 rings (SSSR count). The van der Waals surface area contributed by atoms with E-state index < -0.39 is 0 Å². The number of hydrogen-bond donors (Lipinski definition) is 2. The maximum atomic E-state index is 13.0. The van der Waals surface area contributed by atoms with Crippen LogP contribution in [0.1, 0.15) is 23.3 Å². The zero-order valence-electron chi connectivity index (χ0n) is 16.8. The Balaban J connectivity index is 1.47. The van der Waals surface area contributed by atoms with E-state index in [2.05, 4.69) is 10.3 Å². The number of H-pyrrole nitrogens is 1. The molecule has 7 heteroatoms. The lowest BCUT2D eigenvalue weighted by Crippen LogP contribution is -2.32. The second-order valence-electron chi connectivity index (χ2n) is 7.86. The van der Waals surface area contributed by atoms with Gasteiger partial charge in [-0.25, -0.2) is 4.98 Å². The quantitative estimate of drug-likeness (QED) is 0.526. The topological polar surface area (TPSA) is 85.5 Å². The number of para-hydroxylation sites is 1. The lowest BCUT2D eigenvalue weighted by Gasteiger charge is -2.12. The summed E-state index contributed by atoms with van der Waals surface area (Å²) in [5.41, 5.74) is 3.82. The molecule has 1 fully saturated rings. The second kappa shape index (κ2) is 7.28. The van der Waals surface area contributed by atoms with Crippen molar-refractivity contribution in [2.24, 2.45) is 0 Å². The van der Waals surface area contributed by atoms with Crippen LogP contribution in [0, 0.1) is 0 Å². The molecule has 2 aromatic heterocycles. The molecular formula is C24H21N3O4. The molecule has 4 heterocycles.